The minimum absolute atomic E-state index is 0.0701. The number of nitrogens with zero attached hydrogens (tertiary/aromatic N) is 1. The van der Waals surface area contributed by atoms with Gasteiger partial charge < -0.3 is 5.32 Å². The van der Waals surface area contributed by atoms with Gasteiger partial charge in [-0.3, -0.25) is 4.79 Å². The van der Waals surface area contributed by atoms with Crippen LogP contribution >= 0.6 is 0 Å². The van der Waals surface area contributed by atoms with Gasteiger partial charge in [-0.15, -0.1) is 0 Å². The highest BCUT2D eigenvalue weighted by atomic mass is 32.2. The average molecular weight is 190 g/mol. The number of sulfone groups is 1. The van der Waals surface area contributed by atoms with Crippen LogP contribution in [0.4, 0.5) is 0 Å². The molecular formula is C6H10N2O3S. The minimum atomic E-state index is -3.39. The Morgan fingerprint density at radius 2 is 2.17 bits per heavy atom. The van der Waals surface area contributed by atoms with Gasteiger partial charge in [0.15, 0.2) is 9.84 Å². The zero-order chi connectivity index (χ0) is 9.61. The molecule has 0 fully saturated rings. The lowest BCUT2D eigenvalue weighted by Crippen LogP contribution is -2.28. The molecule has 0 spiro atoms. The second-order valence-corrected chi connectivity index (χ2v) is 4.36. The highest BCUT2D eigenvalue weighted by Gasteiger charge is 2.14. The summed E-state index contributed by atoms with van der Waals surface area (Å²) >= 11 is 0. The van der Waals surface area contributed by atoms with Gasteiger partial charge in [0.25, 0.3) is 0 Å². The fourth-order valence-corrected chi connectivity index (χ4v) is 1.64. The number of carbonyl (C=O) groups excluding carboxylic acids is 1. The van der Waals surface area contributed by atoms with E-state index in [-0.39, 0.29) is 12.2 Å². The molecule has 0 aliphatic heterocycles. The molecule has 0 aromatic heterocycles. The third kappa shape index (κ3) is 4.68. The molecule has 0 rings (SSSR count). The monoisotopic (exact) mass is 190 g/mol. The van der Waals surface area contributed by atoms with Gasteiger partial charge in [0, 0.05) is 13.5 Å². The molecule has 0 atom stereocenters. The van der Waals surface area contributed by atoms with E-state index in [1.165, 1.54) is 7.05 Å². The summed E-state index contributed by atoms with van der Waals surface area (Å²) in [4.78, 5) is 10.6. The standard InChI is InChI=1S/C6H10N2O3S/c1-8-6(9)5-12(10,11)4-2-3-7/h2,4-5H2,1H3,(H,8,9). The van der Waals surface area contributed by atoms with E-state index >= 15 is 0 Å². The van der Waals surface area contributed by atoms with Crippen molar-refractivity contribution in [1.29, 1.82) is 5.26 Å². The first kappa shape index (κ1) is 10.9. The third-order valence-electron chi connectivity index (χ3n) is 1.15. The highest BCUT2D eigenvalue weighted by molar-refractivity contribution is 7.92. The Hall–Kier alpha value is -1.09. The van der Waals surface area contributed by atoms with Crippen molar-refractivity contribution in [3.8, 4) is 6.07 Å². The molecule has 0 unspecified atom stereocenters. The second-order valence-electron chi connectivity index (χ2n) is 2.17. The summed E-state index contributed by atoms with van der Waals surface area (Å²) in [7, 11) is -2.03. The summed E-state index contributed by atoms with van der Waals surface area (Å²) in [6, 6.07) is 1.70. The Balaban J connectivity index is 4.07. The molecule has 0 aromatic carbocycles. The van der Waals surface area contributed by atoms with Crippen LogP contribution in [0.1, 0.15) is 6.42 Å². The Kier molecular flexibility index (Phi) is 4.29. The van der Waals surface area contributed by atoms with Gasteiger partial charge >= 0.3 is 0 Å². The van der Waals surface area contributed by atoms with Gasteiger partial charge in [0.1, 0.15) is 5.75 Å². The molecule has 0 saturated carbocycles. The van der Waals surface area contributed by atoms with E-state index in [0.29, 0.717) is 0 Å². The first-order chi connectivity index (χ1) is 5.52. The van der Waals surface area contributed by atoms with E-state index in [9.17, 15) is 13.2 Å². The van der Waals surface area contributed by atoms with Crippen LogP contribution < -0.4 is 5.32 Å². The fourth-order valence-electron chi connectivity index (χ4n) is 0.545. The molecule has 12 heavy (non-hydrogen) atoms. The van der Waals surface area contributed by atoms with Crippen LogP contribution in [0.5, 0.6) is 0 Å². The van der Waals surface area contributed by atoms with Gasteiger partial charge in [-0.1, -0.05) is 0 Å². The number of amides is 1. The number of hydrogen-bond donors (Lipinski definition) is 1. The highest BCUT2D eigenvalue weighted by Crippen LogP contribution is 1.92. The van der Waals surface area contributed by atoms with Crippen molar-refractivity contribution in [2.75, 3.05) is 18.6 Å². The molecule has 5 nitrogen and oxygen atoms in total. The van der Waals surface area contributed by atoms with Crippen LogP contribution in [0.15, 0.2) is 0 Å². The van der Waals surface area contributed by atoms with Gasteiger partial charge in [0.2, 0.25) is 5.91 Å². The number of nitrogens with one attached hydrogen (secondary N) is 1. The van der Waals surface area contributed by atoms with Crippen molar-refractivity contribution in [3.63, 3.8) is 0 Å². The van der Waals surface area contributed by atoms with Crippen molar-refractivity contribution >= 4 is 15.7 Å². The maximum atomic E-state index is 10.9. The molecule has 68 valence electrons. The van der Waals surface area contributed by atoms with Crippen molar-refractivity contribution in [1.82, 2.24) is 5.32 Å². The first-order valence-electron chi connectivity index (χ1n) is 3.30. The Labute approximate surface area is 71.3 Å². The van der Waals surface area contributed by atoms with Crippen LogP contribution in [0, 0.1) is 11.3 Å². The predicted octanol–water partition coefficient (Wildman–Crippen LogP) is -0.939. The summed E-state index contributed by atoms with van der Waals surface area (Å²) in [5.74, 6) is -1.34. The number of rotatable bonds is 4. The normalized spacial score (nSPS) is 10.3. The van der Waals surface area contributed by atoms with Crippen LogP contribution in [-0.2, 0) is 14.6 Å². The van der Waals surface area contributed by atoms with E-state index in [2.05, 4.69) is 5.32 Å². The summed E-state index contributed by atoms with van der Waals surface area (Å²) in [5, 5.41) is 10.3. The SMILES string of the molecule is CNC(=O)CS(=O)(=O)CCC#N. The summed E-state index contributed by atoms with van der Waals surface area (Å²) in [6.07, 6.45) is -0.0701. The predicted molar refractivity (Wildman–Crippen MR) is 43.0 cm³/mol. The third-order valence-corrected chi connectivity index (χ3v) is 2.68. The molecular weight excluding hydrogens is 180 g/mol. The lowest BCUT2D eigenvalue weighted by atomic mass is 10.6. The molecule has 0 aromatic rings. The Morgan fingerprint density at radius 3 is 2.58 bits per heavy atom. The van der Waals surface area contributed by atoms with Crippen LogP contribution in [0.2, 0.25) is 0 Å². The molecule has 1 amide bonds. The maximum absolute atomic E-state index is 10.9. The van der Waals surface area contributed by atoms with Crippen molar-refractivity contribution < 1.29 is 13.2 Å². The van der Waals surface area contributed by atoms with E-state index in [1.54, 1.807) is 6.07 Å². The topological polar surface area (TPSA) is 87.0 Å². The average Bonchev–Trinajstić information content (AvgIpc) is 2.00. The minimum Gasteiger partial charge on any atom is -0.358 e. The maximum Gasteiger partial charge on any atom is 0.234 e. The molecule has 6 heteroatoms. The summed E-state index contributed by atoms with van der Waals surface area (Å²) < 4.78 is 21.9. The molecule has 0 heterocycles. The van der Waals surface area contributed by atoms with Gasteiger partial charge in [-0.2, -0.15) is 5.26 Å². The summed E-state index contributed by atoms with van der Waals surface area (Å²) in [5.41, 5.74) is 0. The van der Waals surface area contributed by atoms with Crippen molar-refractivity contribution in [2.45, 2.75) is 6.42 Å². The lowest BCUT2D eigenvalue weighted by molar-refractivity contribution is -0.118. The number of nitriles is 1. The lowest BCUT2D eigenvalue weighted by Gasteiger charge is -1.99. The fraction of sp³-hybridized carbons (Fsp3) is 0.667. The molecule has 1 N–H and O–H groups in total. The van der Waals surface area contributed by atoms with E-state index in [0.717, 1.165) is 0 Å². The van der Waals surface area contributed by atoms with Crippen molar-refractivity contribution in [3.05, 3.63) is 0 Å². The molecule has 0 aliphatic rings. The van der Waals surface area contributed by atoms with E-state index in [1.807, 2.05) is 0 Å². The molecule has 0 bridgehead atoms. The summed E-state index contributed by atoms with van der Waals surface area (Å²) in [6.45, 7) is 0. The number of carbonyl (C=O) groups is 1. The first-order valence-corrected chi connectivity index (χ1v) is 5.12. The molecule has 0 saturated heterocycles. The number of hydrogen-bond acceptors (Lipinski definition) is 4. The zero-order valence-corrected chi connectivity index (χ0v) is 7.52. The Bertz CT molecular complexity index is 288. The second kappa shape index (κ2) is 4.72. The Morgan fingerprint density at radius 1 is 1.58 bits per heavy atom. The molecule has 0 aliphatic carbocycles. The smallest absolute Gasteiger partial charge is 0.234 e. The van der Waals surface area contributed by atoms with Gasteiger partial charge in [0.05, 0.1) is 11.8 Å². The van der Waals surface area contributed by atoms with E-state index in [4.69, 9.17) is 5.26 Å². The van der Waals surface area contributed by atoms with Crippen LogP contribution in [0.3, 0.4) is 0 Å². The van der Waals surface area contributed by atoms with Gasteiger partial charge in [-0.25, -0.2) is 8.42 Å². The quantitative estimate of drug-likeness (QED) is 0.619. The van der Waals surface area contributed by atoms with Crippen LogP contribution in [0.25, 0.3) is 0 Å². The zero-order valence-electron chi connectivity index (χ0n) is 6.70. The van der Waals surface area contributed by atoms with Gasteiger partial charge in [-0.05, 0) is 0 Å². The van der Waals surface area contributed by atoms with E-state index < -0.39 is 21.5 Å². The van der Waals surface area contributed by atoms with Crippen LogP contribution in [-0.4, -0.2) is 32.9 Å². The van der Waals surface area contributed by atoms with Crippen molar-refractivity contribution in [2.24, 2.45) is 0 Å². The molecule has 0 radical (unpaired) electrons. The largest absolute Gasteiger partial charge is 0.358 e.